The van der Waals surface area contributed by atoms with Crippen molar-refractivity contribution in [2.75, 3.05) is 6.54 Å². The summed E-state index contributed by atoms with van der Waals surface area (Å²) in [6.07, 6.45) is 1.52. The summed E-state index contributed by atoms with van der Waals surface area (Å²) < 4.78 is 2.18. The minimum atomic E-state index is -0.549. The number of hydrogen-bond acceptors (Lipinski definition) is 2. The minimum Gasteiger partial charge on any atom is -0.389 e. The maximum atomic E-state index is 11.1. The molecule has 0 saturated heterocycles. The first kappa shape index (κ1) is 20.2. The van der Waals surface area contributed by atoms with E-state index in [2.05, 4.69) is 58.5 Å². The number of fused-ring (bicyclic) bond motifs is 1. The molecule has 3 aromatic carbocycles. The monoisotopic (exact) mass is 392 g/mol. The van der Waals surface area contributed by atoms with E-state index < -0.39 is 6.10 Å². The van der Waals surface area contributed by atoms with Gasteiger partial charge in [0.2, 0.25) is 0 Å². The Morgan fingerprint density at radius 3 is 2.18 bits per heavy atom. The van der Waals surface area contributed by atoms with Crippen LogP contribution in [0, 0.1) is 0 Å². The van der Waals surface area contributed by atoms with E-state index in [1.54, 1.807) is 0 Å². The van der Waals surface area contributed by atoms with Gasteiger partial charge in [0.25, 0.3) is 0 Å². The van der Waals surface area contributed by atoms with E-state index >= 15 is 0 Å². The molecule has 0 aliphatic carbocycles. The van der Waals surface area contributed by atoms with Crippen LogP contribution in [0.3, 0.4) is 0 Å². The summed E-state index contributed by atoms with van der Waals surface area (Å²) in [5.74, 6) is 0. The number of aliphatic hydroxyl groups excluding tert-OH is 1. The van der Waals surface area contributed by atoms with Crippen LogP contribution in [-0.2, 0) is 6.54 Å². The van der Waals surface area contributed by atoms with Crippen LogP contribution in [0.15, 0.2) is 97.2 Å². The van der Waals surface area contributed by atoms with E-state index in [0.717, 1.165) is 17.6 Å². The van der Waals surface area contributed by atoms with Crippen LogP contribution in [0.1, 0.15) is 17.2 Å². The van der Waals surface area contributed by atoms with E-state index in [9.17, 15) is 5.11 Å². The highest BCUT2D eigenvalue weighted by Crippen LogP contribution is 2.27. The highest BCUT2D eigenvalue weighted by molar-refractivity contribution is 5.85. The predicted molar refractivity (Wildman–Crippen MR) is 118 cm³/mol. The Morgan fingerprint density at radius 2 is 1.43 bits per heavy atom. The molecule has 2 N–H and O–H groups in total. The quantitative estimate of drug-likeness (QED) is 0.474. The Morgan fingerprint density at radius 1 is 0.786 bits per heavy atom. The van der Waals surface area contributed by atoms with Crippen LogP contribution in [0.2, 0.25) is 0 Å². The van der Waals surface area contributed by atoms with Gasteiger partial charge in [0.05, 0.1) is 12.1 Å². The number of hydrogen-bond donors (Lipinski definition) is 2. The van der Waals surface area contributed by atoms with Crippen LogP contribution in [-0.4, -0.2) is 22.3 Å². The average Bonchev–Trinajstić information content (AvgIpc) is 3.14. The molecule has 3 nitrogen and oxygen atoms in total. The van der Waals surface area contributed by atoms with Gasteiger partial charge in [-0.05, 0) is 28.6 Å². The van der Waals surface area contributed by atoms with Crippen LogP contribution in [0.25, 0.3) is 10.9 Å². The SMILES string of the molecule is Cl.OC(CNCc1ccccc1)C(c1ccccc1)n1ccc2ccccc21. The maximum absolute atomic E-state index is 11.1. The second-order valence-corrected chi connectivity index (χ2v) is 6.82. The molecule has 1 aromatic heterocycles. The summed E-state index contributed by atoms with van der Waals surface area (Å²) in [5.41, 5.74) is 3.45. The first-order valence-corrected chi connectivity index (χ1v) is 9.36. The molecule has 2 unspecified atom stereocenters. The van der Waals surface area contributed by atoms with Crippen molar-refractivity contribution in [2.45, 2.75) is 18.7 Å². The second kappa shape index (κ2) is 9.56. The van der Waals surface area contributed by atoms with Crippen LogP contribution >= 0.6 is 12.4 Å². The molecule has 2 atom stereocenters. The van der Waals surface area contributed by atoms with Gasteiger partial charge in [-0.15, -0.1) is 12.4 Å². The van der Waals surface area contributed by atoms with E-state index in [4.69, 9.17) is 0 Å². The Kier molecular flexibility index (Phi) is 6.88. The molecule has 28 heavy (non-hydrogen) atoms. The molecular formula is C24H25ClN2O. The minimum absolute atomic E-state index is 0. The first-order valence-electron chi connectivity index (χ1n) is 9.36. The Hall–Kier alpha value is -2.59. The van der Waals surface area contributed by atoms with Gasteiger partial charge < -0.3 is 15.0 Å². The van der Waals surface area contributed by atoms with E-state index in [1.165, 1.54) is 10.9 Å². The summed E-state index contributed by atoms with van der Waals surface area (Å²) in [6.45, 7) is 1.26. The van der Waals surface area contributed by atoms with Crippen molar-refractivity contribution in [3.8, 4) is 0 Å². The Labute approximate surface area is 172 Å². The smallest absolute Gasteiger partial charge is 0.0912 e. The van der Waals surface area contributed by atoms with Crippen molar-refractivity contribution >= 4 is 23.3 Å². The zero-order valence-electron chi connectivity index (χ0n) is 15.6. The third-order valence-corrected chi connectivity index (χ3v) is 4.96. The number of benzene rings is 3. The third-order valence-electron chi connectivity index (χ3n) is 4.96. The molecule has 0 bridgehead atoms. The predicted octanol–water partition coefficient (Wildman–Crippen LogP) is 4.80. The van der Waals surface area contributed by atoms with Crippen LogP contribution in [0.5, 0.6) is 0 Å². The number of aromatic nitrogens is 1. The van der Waals surface area contributed by atoms with Crippen LogP contribution in [0.4, 0.5) is 0 Å². The number of aliphatic hydroxyl groups is 1. The fourth-order valence-electron chi connectivity index (χ4n) is 3.64. The zero-order valence-corrected chi connectivity index (χ0v) is 16.4. The average molecular weight is 393 g/mol. The molecule has 0 aliphatic rings. The molecule has 4 aromatic rings. The van der Waals surface area contributed by atoms with Crippen LogP contribution < -0.4 is 5.32 Å². The molecule has 0 spiro atoms. The summed E-state index contributed by atoms with van der Waals surface area (Å²) in [5, 5.41) is 15.7. The van der Waals surface area contributed by atoms with Gasteiger partial charge in [-0.25, -0.2) is 0 Å². The second-order valence-electron chi connectivity index (χ2n) is 6.82. The molecule has 4 heteroatoms. The van der Waals surface area contributed by atoms with Gasteiger partial charge in [0.15, 0.2) is 0 Å². The Bertz CT molecular complexity index is 985. The van der Waals surface area contributed by atoms with Gasteiger partial charge >= 0.3 is 0 Å². The third kappa shape index (κ3) is 4.45. The lowest BCUT2D eigenvalue weighted by Gasteiger charge is -2.26. The number of rotatable bonds is 7. The molecule has 144 valence electrons. The molecule has 0 fully saturated rings. The lowest BCUT2D eigenvalue weighted by molar-refractivity contribution is 0.129. The van der Waals surface area contributed by atoms with Crippen molar-refractivity contribution < 1.29 is 5.11 Å². The van der Waals surface area contributed by atoms with Crippen molar-refractivity contribution in [1.82, 2.24) is 9.88 Å². The standard InChI is InChI=1S/C24H24N2O.ClH/c27-23(18-25-17-19-9-3-1-4-10-19)24(21-12-5-2-6-13-21)26-16-15-20-11-7-8-14-22(20)26;/h1-16,23-25,27H,17-18H2;1H. The largest absolute Gasteiger partial charge is 0.389 e. The highest BCUT2D eigenvalue weighted by atomic mass is 35.5. The van der Waals surface area contributed by atoms with Gasteiger partial charge in [-0.2, -0.15) is 0 Å². The van der Waals surface area contributed by atoms with Crippen molar-refractivity contribution in [2.24, 2.45) is 0 Å². The summed E-state index contributed by atoms with van der Waals surface area (Å²) in [7, 11) is 0. The van der Waals surface area contributed by atoms with Crippen molar-refractivity contribution in [1.29, 1.82) is 0 Å². The van der Waals surface area contributed by atoms with E-state index in [-0.39, 0.29) is 18.4 Å². The molecule has 0 radical (unpaired) electrons. The van der Waals surface area contributed by atoms with Gasteiger partial charge in [0.1, 0.15) is 0 Å². The fourth-order valence-corrected chi connectivity index (χ4v) is 3.64. The highest BCUT2D eigenvalue weighted by Gasteiger charge is 2.23. The molecule has 0 aliphatic heterocycles. The summed E-state index contributed by atoms with van der Waals surface area (Å²) >= 11 is 0. The number of para-hydroxylation sites is 1. The molecule has 0 saturated carbocycles. The van der Waals surface area contributed by atoms with E-state index in [0.29, 0.717) is 6.54 Å². The van der Waals surface area contributed by atoms with Crippen molar-refractivity contribution in [3.05, 3.63) is 108 Å². The summed E-state index contributed by atoms with van der Waals surface area (Å²) in [6, 6.07) is 30.8. The Balaban J connectivity index is 0.00000225. The lowest BCUT2D eigenvalue weighted by atomic mass is 10.0. The first-order chi connectivity index (χ1) is 13.3. The maximum Gasteiger partial charge on any atom is 0.0912 e. The lowest BCUT2D eigenvalue weighted by Crippen LogP contribution is -2.34. The molecule has 0 amide bonds. The molecular weight excluding hydrogens is 368 g/mol. The number of nitrogens with zero attached hydrogens (tertiary/aromatic N) is 1. The molecule has 4 rings (SSSR count). The number of halogens is 1. The molecule has 1 heterocycles. The topological polar surface area (TPSA) is 37.2 Å². The fraction of sp³-hybridized carbons (Fsp3) is 0.167. The van der Waals surface area contributed by atoms with Gasteiger partial charge in [-0.3, -0.25) is 0 Å². The summed E-state index contributed by atoms with van der Waals surface area (Å²) in [4.78, 5) is 0. The van der Waals surface area contributed by atoms with Gasteiger partial charge in [0, 0.05) is 24.8 Å². The number of nitrogens with one attached hydrogen (secondary N) is 1. The normalized spacial score (nSPS) is 13.0. The van der Waals surface area contributed by atoms with Gasteiger partial charge in [-0.1, -0.05) is 78.9 Å². The van der Waals surface area contributed by atoms with E-state index in [1.807, 2.05) is 48.5 Å². The van der Waals surface area contributed by atoms with Crippen molar-refractivity contribution in [3.63, 3.8) is 0 Å². The zero-order chi connectivity index (χ0) is 18.5.